The fraction of sp³-hybridized carbons (Fsp3) is 0.250. The van der Waals surface area contributed by atoms with Gasteiger partial charge in [0, 0.05) is 25.0 Å². The van der Waals surface area contributed by atoms with Gasteiger partial charge in [0.1, 0.15) is 5.15 Å². The van der Waals surface area contributed by atoms with Crippen molar-refractivity contribution in [1.29, 1.82) is 0 Å². The largest absolute Gasteiger partial charge is 0.383 e. The summed E-state index contributed by atoms with van der Waals surface area (Å²) < 4.78 is 31.9. The van der Waals surface area contributed by atoms with Crippen molar-refractivity contribution in [3.05, 3.63) is 53.3 Å². The van der Waals surface area contributed by atoms with Gasteiger partial charge in [-0.1, -0.05) is 11.6 Å². The number of halogens is 1. The number of nitrogens with zero attached hydrogens (tertiary/aromatic N) is 1. The zero-order chi connectivity index (χ0) is 18.4. The molecule has 0 aliphatic rings. The molecule has 0 spiro atoms. The molecule has 0 bridgehead atoms. The van der Waals surface area contributed by atoms with Crippen LogP contribution in [-0.2, 0) is 14.8 Å². The van der Waals surface area contributed by atoms with E-state index in [1.165, 1.54) is 43.6 Å². The van der Waals surface area contributed by atoms with E-state index in [1.807, 2.05) is 0 Å². The molecule has 0 unspecified atom stereocenters. The summed E-state index contributed by atoms with van der Waals surface area (Å²) in [7, 11) is -2.15. The van der Waals surface area contributed by atoms with Crippen molar-refractivity contribution in [2.75, 3.05) is 19.0 Å². The van der Waals surface area contributed by atoms with E-state index >= 15 is 0 Å². The molecule has 7 nitrogen and oxygen atoms in total. The van der Waals surface area contributed by atoms with Crippen LogP contribution in [0.15, 0.2) is 47.5 Å². The summed E-state index contributed by atoms with van der Waals surface area (Å²) in [4.78, 5) is 16.0. The standard InChI is InChI=1S/C16H18ClN3O4S/c1-11(10-24-2)20-25(22,23)14-6-4-13(5-7-14)19-16(21)12-3-8-15(17)18-9-12/h3-9,11,20H,10H2,1-2H3,(H,19,21)/t11-/m0/s1. The monoisotopic (exact) mass is 383 g/mol. The number of aromatic nitrogens is 1. The van der Waals surface area contributed by atoms with Crippen molar-refractivity contribution < 1.29 is 17.9 Å². The first-order valence-electron chi connectivity index (χ1n) is 7.36. The molecule has 0 aliphatic heterocycles. The summed E-state index contributed by atoms with van der Waals surface area (Å²) in [6, 6.07) is 8.55. The van der Waals surface area contributed by atoms with Gasteiger partial charge in [0.15, 0.2) is 0 Å². The summed E-state index contributed by atoms with van der Waals surface area (Å²) >= 11 is 5.68. The summed E-state index contributed by atoms with van der Waals surface area (Å²) in [5.74, 6) is -0.369. The lowest BCUT2D eigenvalue weighted by Gasteiger charge is -2.13. The molecular formula is C16H18ClN3O4S. The van der Waals surface area contributed by atoms with Crippen molar-refractivity contribution in [3.8, 4) is 0 Å². The second-order valence-corrected chi connectivity index (χ2v) is 7.43. The lowest BCUT2D eigenvalue weighted by Crippen LogP contribution is -2.35. The van der Waals surface area contributed by atoms with E-state index in [2.05, 4.69) is 15.0 Å². The predicted molar refractivity (Wildman–Crippen MR) is 95.3 cm³/mol. The molecule has 1 atom stereocenters. The fourth-order valence-corrected chi connectivity index (χ4v) is 3.39. The highest BCUT2D eigenvalue weighted by Crippen LogP contribution is 2.15. The van der Waals surface area contributed by atoms with Crippen LogP contribution < -0.4 is 10.0 Å². The van der Waals surface area contributed by atoms with Crippen LogP contribution >= 0.6 is 11.6 Å². The van der Waals surface area contributed by atoms with Crippen LogP contribution in [0.2, 0.25) is 5.15 Å². The van der Waals surface area contributed by atoms with Crippen molar-refractivity contribution in [2.24, 2.45) is 0 Å². The number of hydrogen-bond donors (Lipinski definition) is 2. The maximum absolute atomic E-state index is 12.2. The van der Waals surface area contributed by atoms with Gasteiger partial charge in [-0.25, -0.2) is 18.1 Å². The molecule has 2 rings (SSSR count). The summed E-state index contributed by atoms with van der Waals surface area (Å²) in [5.41, 5.74) is 0.806. The fourth-order valence-electron chi connectivity index (χ4n) is 2.05. The lowest BCUT2D eigenvalue weighted by atomic mass is 10.2. The van der Waals surface area contributed by atoms with E-state index in [1.54, 1.807) is 13.0 Å². The Morgan fingerprint density at radius 1 is 1.24 bits per heavy atom. The Bertz CT molecular complexity index is 823. The average molecular weight is 384 g/mol. The van der Waals surface area contributed by atoms with E-state index in [-0.39, 0.29) is 23.5 Å². The SMILES string of the molecule is COC[C@H](C)NS(=O)(=O)c1ccc(NC(=O)c2ccc(Cl)nc2)cc1. The van der Waals surface area contributed by atoms with Gasteiger partial charge >= 0.3 is 0 Å². The van der Waals surface area contributed by atoms with Gasteiger partial charge < -0.3 is 10.1 Å². The molecule has 9 heteroatoms. The van der Waals surface area contributed by atoms with Crippen molar-refractivity contribution in [1.82, 2.24) is 9.71 Å². The first kappa shape index (κ1) is 19.3. The zero-order valence-corrected chi connectivity index (χ0v) is 15.3. The third-order valence-corrected chi connectivity index (χ3v) is 5.01. The number of anilines is 1. The Balaban J connectivity index is 2.06. The Morgan fingerprint density at radius 3 is 2.48 bits per heavy atom. The third kappa shape index (κ3) is 5.50. The molecule has 1 aromatic carbocycles. The van der Waals surface area contributed by atoms with E-state index < -0.39 is 10.0 Å². The predicted octanol–water partition coefficient (Wildman–Crippen LogP) is 2.30. The van der Waals surface area contributed by atoms with Gasteiger partial charge in [-0.15, -0.1) is 0 Å². The number of methoxy groups -OCH3 is 1. The molecule has 1 amide bonds. The van der Waals surface area contributed by atoms with E-state index in [0.29, 0.717) is 16.4 Å². The van der Waals surface area contributed by atoms with E-state index in [4.69, 9.17) is 16.3 Å². The number of nitrogens with one attached hydrogen (secondary N) is 2. The maximum Gasteiger partial charge on any atom is 0.257 e. The van der Waals surface area contributed by atoms with Gasteiger partial charge in [-0.3, -0.25) is 4.79 Å². The number of sulfonamides is 1. The van der Waals surface area contributed by atoms with Crippen molar-refractivity contribution in [3.63, 3.8) is 0 Å². The van der Waals surface area contributed by atoms with E-state index in [9.17, 15) is 13.2 Å². The second-order valence-electron chi connectivity index (χ2n) is 5.33. The molecule has 2 N–H and O–H groups in total. The van der Waals surface area contributed by atoms with Crippen LogP contribution in [0, 0.1) is 0 Å². The topological polar surface area (TPSA) is 97.4 Å². The molecule has 134 valence electrons. The molecule has 2 aromatic rings. The molecule has 0 radical (unpaired) electrons. The summed E-state index contributed by atoms with van der Waals surface area (Å²) in [6.07, 6.45) is 1.36. The smallest absolute Gasteiger partial charge is 0.257 e. The number of benzene rings is 1. The van der Waals surface area contributed by atoms with Crippen molar-refractivity contribution >= 4 is 33.2 Å². The van der Waals surface area contributed by atoms with Crippen LogP contribution in [0.1, 0.15) is 17.3 Å². The highest BCUT2D eigenvalue weighted by atomic mass is 35.5. The second kappa shape index (κ2) is 8.39. The number of ether oxygens (including phenoxy) is 1. The first-order chi connectivity index (χ1) is 11.8. The third-order valence-electron chi connectivity index (χ3n) is 3.19. The minimum absolute atomic E-state index is 0.0987. The summed E-state index contributed by atoms with van der Waals surface area (Å²) in [5, 5.41) is 2.95. The van der Waals surface area contributed by atoms with Gasteiger partial charge in [0.25, 0.3) is 5.91 Å². The van der Waals surface area contributed by atoms with Crippen LogP contribution in [0.5, 0.6) is 0 Å². The highest BCUT2D eigenvalue weighted by molar-refractivity contribution is 7.89. The van der Waals surface area contributed by atoms with Crippen LogP contribution in [-0.4, -0.2) is 39.1 Å². The van der Waals surface area contributed by atoms with Crippen LogP contribution in [0.25, 0.3) is 0 Å². The molecule has 0 saturated heterocycles. The number of rotatable bonds is 7. The minimum Gasteiger partial charge on any atom is -0.383 e. The Kier molecular flexibility index (Phi) is 6.49. The summed E-state index contributed by atoms with van der Waals surface area (Å²) in [6.45, 7) is 1.97. The highest BCUT2D eigenvalue weighted by Gasteiger charge is 2.17. The first-order valence-corrected chi connectivity index (χ1v) is 9.22. The molecule has 1 aromatic heterocycles. The quantitative estimate of drug-likeness (QED) is 0.715. The Labute approximate surface area is 151 Å². The molecular weight excluding hydrogens is 366 g/mol. The van der Waals surface area contributed by atoms with E-state index in [0.717, 1.165) is 0 Å². The Hall–Kier alpha value is -2.00. The molecule has 25 heavy (non-hydrogen) atoms. The average Bonchev–Trinajstić information content (AvgIpc) is 2.55. The number of pyridine rings is 1. The van der Waals surface area contributed by atoms with Gasteiger partial charge in [0.05, 0.1) is 17.1 Å². The van der Waals surface area contributed by atoms with Gasteiger partial charge in [-0.2, -0.15) is 0 Å². The lowest BCUT2D eigenvalue weighted by molar-refractivity contribution is 0.102. The van der Waals surface area contributed by atoms with Crippen LogP contribution in [0.4, 0.5) is 5.69 Å². The zero-order valence-electron chi connectivity index (χ0n) is 13.7. The normalized spacial score (nSPS) is 12.6. The number of hydrogen-bond acceptors (Lipinski definition) is 5. The van der Waals surface area contributed by atoms with Gasteiger partial charge in [-0.05, 0) is 43.3 Å². The van der Waals surface area contributed by atoms with Crippen LogP contribution in [0.3, 0.4) is 0 Å². The minimum atomic E-state index is -3.65. The number of amides is 1. The molecule has 0 aliphatic carbocycles. The number of carbonyl (C=O) groups is 1. The molecule has 0 fully saturated rings. The molecule has 0 saturated carbocycles. The maximum atomic E-state index is 12.2. The molecule has 1 heterocycles. The van der Waals surface area contributed by atoms with Crippen molar-refractivity contribution in [2.45, 2.75) is 17.9 Å². The Morgan fingerprint density at radius 2 is 1.92 bits per heavy atom. The van der Waals surface area contributed by atoms with Gasteiger partial charge in [0.2, 0.25) is 10.0 Å². The number of carbonyl (C=O) groups excluding carboxylic acids is 1.